The molecule has 1 saturated heterocycles. The van der Waals surface area contributed by atoms with Crippen LogP contribution in [0.25, 0.3) is 11.0 Å². The molecule has 1 fully saturated rings. The molecule has 1 aliphatic heterocycles. The third-order valence-corrected chi connectivity index (χ3v) is 7.16. The summed E-state index contributed by atoms with van der Waals surface area (Å²) in [5.74, 6) is 0.793. The maximum absolute atomic E-state index is 12.6. The first-order valence-electron chi connectivity index (χ1n) is 8.00. The van der Waals surface area contributed by atoms with Gasteiger partial charge < -0.3 is 9.72 Å². The zero-order valence-corrected chi connectivity index (χ0v) is 15.5. The molecule has 1 aliphatic rings. The van der Waals surface area contributed by atoms with Gasteiger partial charge in [-0.2, -0.15) is 0 Å². The number of nitrogens with one attached hydrogen (secondary N) is 2. The molecule has 1 aromatic carbocycles. The van der Waals surface area contributed by atoms with Crippen LogP contribution in [0.15, 0.2) is 22.4 Å². The maximum Gasteiger partial charge on any atom is 0.273 e. The van der Waals surface area contributed by atoms with Crippen LogP contribution < -0.4 is 4.72 Å². The molecule has 1 unspecified atom stereocenters. The first-order valence-corrected chi connectivity index (χ1v) is 10.3. The summed E-state index contributed by atoms with van der Waals surface area (Å²) in [6, 6.07) is 5.26. The number of anilines is 1. The standard InChI is InChI=1S/C16H18N4O3S2/c1-9-16(24-10(2)17-9)25(21,22)20-11-5-6-12-13(8-11)19-15(18-12)14-4-3-7-23-14/h5-6,8,14,20H,3-4,7H2,1-2H3,(H,18,19). The van der Waals surface area contributed by atoms with Crippen molar-refractivity contribution in [3.05, 3.63) is 34.7 Å². The Morgan fingerprint density at radius 1 is 1.32 bits per heavy atom. The summed E-state index contributed by atoms with van der Waals surface area (Å²) in [5, 5.41) is 0.725. The molecule has 1 atom stereocenters. The van der Waals surface area contributed by atoms with Gasteiger partial charge in [0.15, 0.2) is 4.21 Å². The number of aromatic nitrogens is 3. The van der Waals surface area contributed by atoms with Crippen molar-refractivity contribution >= 4 is 38.1 Å². The second-order valence-electron chi connectivity index (χ2n) is 6.07. The summed E-state index contributed by atoms with van der Waals surface area (Å²) in [6.45, 7) is 4.24. The van der Waals surface area contributed by atoms with Crippen molar-refractivity contribution < 1.29 is 13.2 Å². The number of thiazole rings is 1. The Morgan fingerprint density at radius 3 is 2.84 bits per heavy atom. The number of H-pyrrole nitrogens is 1. The maximum atomic E-state index is 12.6. The molecule has 0 radical (unpaired) electrons. The van der Waals surface area contributed by atoms with Crippen LogP contribution in [-0.2, 0) is 14.8 Å². The molecule has 2 N–H and O–H groups in total. The van der Waals surface area contributed by atoms with E-state index in [1.165, 1.54) is 11.3 Å². The van der Waals surface area contributed by atoms with Crippen LogP contribution in [0.5, 0.6) is 0 Å². The lowest BCUT2D eigenvalue weighted by molar-refractivity contribution is 0.106. The zero-order chi connectivity index (χ0) is 17.6. The zero-order valence-electron chi connectivity index (χ0n) is 13.9. The van der Waals surface area contributed by atoms with Crippen molar-refractivity contribution in [1.82, 2.24) is 15.0 Å². The third-order valence-electron chi connectivity index (χ3n) is 4.09. The lowest BCUT2D eigenvalue weighted by atomic mass is 10.2. The fraction of sp³-hybridized carbons (Fsp3) is 0.375. The number of rotatable bonds is 4. The van der Waals surface area contributed by atoms with Gasteiger partial charge in [0, 0.05) is 6.61 Å². The minimum Gasteiger partial charge on any atom is -0.370 e. The highest BCUT2D eigenvalue weighted by molar-refractivity contribution is 7.94. The summed E-state index contributed by atoms with van der Waals surface area (Å²) in [5.41, 5.74) is 2.57. The minimum atomic E-state index is -3.65. The van der Waals surface area contributed by atoms with E-state index in [0.29, 0.717) is 11.4 Å². The van der Waals surface area contributed by atoms with Gasteiger partial charge in [-0.15, -0.1) is 11.3 Å². The predicted octanol–water partition coefficient (Wildman–Crippen LogP) is 3.29. The Morgan fingerprint density at radius 2 is 2.16 bits per heavy atom. The Bertz CT molecular complexity index is 1030. The van der Waals surface area contributed by atoms with Crippen LogP contribution in [0.2, 0.25) is 0 Å². The van der Waals surface area contributed by atoms with Gasteiger partial charge in [0.05, 0.1) is 27.4 Å². The fourth-order valence-electron chi connectivity index (χ4n) is 3.00. The smallest absolute Gasteiger partial charge is 0.273 e. The number of benzene rings is 1. The quantitative estimate of drug-likeness (QED) is 0.726. The molecule has 3 heterocycles. The van der Waals surface area contributed by atoms with Crippen molar-refractivity contribution in [2.75, 3.05) is 11.3 Å². The van der Waals surface area contributed by atoms with Crippen molar-refractivity contribution in [1.29, 1.82) is 0 Å². The van der Waals surface area contributed by atoms with Crippen molar-refractivity contribution in [2.45, 2.75) is 37.0 Å². The van der Waals surface area contributed by atoms with Crippen molar-refractivity contribution in [3.63, 3.8) is 0 Å². The van der Waals surface area contributed by atoms with E-state index >= 15 is 0 Å². The van der Waals surface area contributed by atoms with Crippen LogP contribution in [0.1, 0.15) is 35.5 Å². The van der Waals surface area contributed by atoms with Gasteiger partial charge in [-0.3, -0.25) is 4.72 Å². The summed E-state index contributed by atoms with van der Waals surface area (Å²) >= 11 is 1.17. The van der Waals surface area contributed by atoms with Gasteiger partial charge in [0.1, 0.15) is 11.9 Å². The second kappa shape index (κ2) is 6.08. The molecule has 0 aliphatic carbocycles. The molecule has 9 heteroatoms. The highest BCUT2D eigenvalue weighted by Gasteiger charge is 2.23. The molecule has 132 valence electrons. The first kappa shape index (κ1) is 16.5. The third kappa shape index (κ3) is 3.14. The molecule has 0 amide bonds. The Hall–Kier alpha value is -1.97. The predicted molar refractivity (Wildman–Crippen MR) is 96.4 cm³/mol. The van der Waals surface area contributed by atoms with Crippen molar-refractivity contribution in [2.24, 2.45) is 0 Å². The van der Waals surface area contributed by atoms with Gasteiger partial charge in [-0.1, -0.05) is 0 Å². The summed E-state index contributed by atoms with van der Waals surface area (Å²) in [4.78, 5) is 12.0. The largest absolute Gasteiger partial charge is 0.370 e. The minimum absolute atomic E-state index is 0.00430. The lowest BCUT2D eigenvalue weighted by Crippen LogP contribution is -2.12. The molecule has 7 nitrogen and oxygen atoms in total. The van der Waals surface area contributed by atoms with Crippen LogP contribution in [-0.4, -0.2) is 30.0 Å². The van der Waals surface area contributed by atoms with Gasteiger partial charge in [0.2, 0.25) is 0 Å². The molecule has 4 rings (SSSR count). The normalized spacial score (nSPS) is 18.1. The number of ether oxygens (including phenoxy) is 1. The van der Waals surface area contributed by atoms with Gasteiger partial charge >= 0.3 is 0 Å². The summed E-state index contributed by atoms with van der Waals surface area (Å²) < 4.78 is 33.7. The lowest BCUT2D eigenvalue weighted by Gasteiger charge is -2.06. The number of fused-ring (bicyclic) bond motifs is 1. The Labute approximate surface area is 149 Å². The molecule has 0 bridgehead atoms. The van der Waals surface area contributed by atoms with Crippen LogP contribution >= 0.6 is 11.3 Å². The second-order valence-corrected chi connectivity index (χ2v) is 9.15. The first-order chi connectivity index (χ1) is 11.9. The van der Waals surface area contributed by atoms with E-state index in [9.17, 15) is 8.42 Å². The topological polar surface area (TPSA) is 97.0 Å². The summed E-state index contributed by atoms with van der Waals surface area (Å²) in [6.07, 6.45) is 1.97. The molecular weight excluding hydrogens is 360 g/mol. The monoisotopic (exact) mass is 378 g/mol. The van der Waals surface area contributed by atoms with E-state index in [2.05, 4.69) is 19.7 Å². The van der Waals surface area contributed by atoms with Gasteiger partial charge in [-0.05, 0) is 44.9 Å². The van der Waals surface area contributed by atoms with E-state index in [-0.39, 0.29) is 10.3 Å². The molecular formula is C16H18N4O3S2. The molecule has 2 aromatic heterocycles. The van der Waals surface area contributed by atoms with Crippen LogP contribution in [0.4, 0.5) is 5.69 Å². The molecule has 25 heavy (non-hydrogen) atoms. The van der Waals surface area contributed by atoms with E-state index in [1.807, 2.05) is 0 Å². The van der Waals surface area contributed by atoms with E-state index in [4.69, 9.17) is 4.74 Å². The fourth-order valence-corrected chi connectivity index (χ4v) is 5.54. The number of sulfonamides is 1. The number of hydrogen-bond donors (Lipinski definition) is 2. The Kier molecular flexibility index (Phi) is 4.01. The number of aryl methyl sites for hydroxylation is 2. The number of imidazole rings is 1. The number of nitrogens with zero attached hydrogens (tertiary/aromatic N) is 2. The van der Waals surface area contributed by atoms with Crippen LogP contribution in [0.3, 0.4) is 0 Å². The highest BCUT2D eigenvalue weighted by Crippen LogP contribution is 2.30. The van der Waals surface area contributed by atoms with E-state index in [1.54, 1.807) is 32.0 Å². The van der Waals surface area contributed by atoms with Gasteiger partial charge in [-0.25, -0.2) is 18.4 Å². The molecule has 0 saturated carbocycles. The number of hydrogen-bond acceptors (Lipinski definition) is 6. The SMILES string of the molecule is Cc1nc(C)c(S(=O)(=O)Nc2ccc3nc(C4CCCO4)[nH]c3c2)s1. The average Bonchev–Trinajstić information content (AvgIpc) is 3.25. The summed E-state index contributed by atoms with van der Waals surface area (Å²) in [7, 11) is -3.65. The van der Waals surface area contributed by atoms with E-state index < -0.39 is 10.0 Å². The number of aromatic amines is 1. The highest BCUT2D eigenvalue weighted by atomic mass is 32.2. The Balaban J connectivity index is 1.64. The van der Waals surface area contributed by atoms with Gasteiger partial charge in [0.25, 0.3) is 10.0 Å². The average molecular weight is 378 g/mol. The van der Waals surface area contributed by atoms with Crippen molar-refractivity contribution in [3.8, 4) is 0 Å². The van der Waals surface area contributed by atoms with Crippen LogP contribution in [0, 0.1) is 13.8 Å². The molecule has 3 aromatic rings. The molecule has 0 spiro atoms. The van der Waals surface area contributed by atoms with E-state index in [0.717, 1.165) is 41.3 Å².